The third-order valence-corrected chi connectivity index (χ3v) is 2.30. The summed E-state index contributed by atoms with van der Waals surface area (Å²) in [4.78, 5) is 8.08. The molecule has 1 aliphatic carbocycles. The topological polar surface area (TPSA) is 37.8 Å². The molecule has 0 saturated heterocycles. The molecule has 0 aromatic carbocycles. The van der Waals surface area contributed by atoms with Crippen molar-refractivity contribution in [2.75, 3.05) is 11.9 Å². The van der Waals surface area contributed by atoms with Gasteiger partial charge >= 0.3 is 0 Å². The van der Waals surface area contributed by atoms with Crippen molar-refractivity contribution in [2.45, 2.75) is 25.7 Å². The number of anilines is 1. The van der Waals surface area contributed by atoms with Crippen molar-refractivity contribution in [3.8, 4) is 0 Å². The van der Waals surface area contributed by atoms with Crippen molar-refractivity contribution < 1.29 is 8.78 Å². The van der Waals surface area contributed by atoms with E-state index in [-0.39, 0.29) is 6.54 Å². The van der Waals surface area contributed by atoms with Crippen molar-refractivity contribution in [1.29, 1.82) is 0 Å². The van der Waals surface area contributed by atoms with E-state index in [9.17, 15) is 8.78 Å². The molecule has 0 radical (unpaired) electrons. The van der Waals surface area contributed by atoms with Crippen LogP contribution in [0.4, 0.5) is 14.6 Å². The lowest BCUT2D eigenvalue weighted by Gasteiger charge is -2.08. The zero-order chi connectivity index (χ0) is 9.97. The number of hydrogen-bond acceptors (Lipinski definition) is 3. The Bertz CT molecular complexity index is 328. The van der Waals surface area contributed by atoms with Gasteiger partial charge in [-0.1, -0.05) is 0 Å². The molecule has 14 heavy (non-hydrogen) atoms. The third kappa shape index (κ3) is 1.81. The highest BCUT2D eigenvalue weighted by Crippen LogP contribution is 2.24. The number of fused-ring (bicyclic) bond motifs is 1. The van der Waals surface area contributed by atoms with Crippen LogP contribution < -0.4 is 5.32 Å². The summed E-state index contributed by atoms with van der Waals surface area (Å²) in [6.07, 6.45) is 1.94. The number of rotatable bonds is 3. The van der Waals surface area contributed by atoms with Gasteiger partial charge in [0.25, 0.3) is 6.43 Å². The predicted molar refractivity (Wildman–Crippen MR) is 48.6 cm³/mol. The molecule has 0 atom stereocenters. The molecule has 0 amide bonds. The van der Waals surface area contributed by atoms with E-state index in [0.29, 0.717) is 5.82 Å². The molecule has 0 saturated carbocycles. The second-order valence-electron chi connectivity index (χ2n) is 3.27. The van der Waals surface area contributed by atoms with Crippen molar-refractivity contribution in [3.63, 3.8) is 0 Å². The maximum absolute atomic E-state index is 12.0. The van der Waals surface area contributed by atoms with E-state index >= 15 is 0 Å². The first-order valence-electron chi connectivity index (χ1n) is 4.62. The highest BCUT2D eigenvalue weighted by molar-refractivity contribution is 5.47. The Balaban J connectivity index is 2.14. The Kier molecular flexibility index (Phi) is 2.56. The SMILES string of the molecule is FC(F)CNc1ncnc2c1CCC2. The first-order valence-corrected chi connectivity index (χ1v) is 4.62. The monoisotopic (exact) mass is 199 g/mol. The van der Waals surface area contributed by atoms with Crippen LogP contribution in [0.5, 0.6) is 0 Å². The average Bonchev–Trinajstić information content (AvgIpc) is 2.62. The van der Waals surface area contributed by atoms with Crippen molar-refractivity contribution in [1.82, 2.24) is 9.97 Å². The van der Waals surface area contributed by atoms with Crippen LogP contribution in [0, 0.1) is 0 Å². The molecule has 1 heterocycles. The van der Waals surface area contributed by atoms with Crippen LogP contribution in [0.25, 0.3) is 0 Å². The quantitative estimate of drug-likeness (QED) is 0.804. The predicted octanol–water partition coefficient (Wildman–Crippen LogP) is 1.64. The number of hydrogen-bond donors (Lipinski definition) is 1. The second kappa shape index (κ2) is 3.86. The molecule has 5 heteroatoms. The third-order valence-electron chi connectivity index (χ3n) is 2.30. The molecule has 0 fully saturated rings. The molecule has 1 aromatic heterocycles. The summed E-state index contributed by atoms with van der Waals surface area (Å²) in [7, 11) is 0. The van der Waals surface area contributed by atoms with Gasteiger partial charge < -0.3 is 5.32 Å². The Labute approximate surface area is 80.6 Å². The molecule has 1 aliphatic rings. The molecule has 2 rings (SSSR count). The summed E-state index contributed by atoms with van der Waals surface area (Å²) in [6.45, 7) is -0.344. The van der Waals surface area contributed by atoms with E-state index in [2.05, 4.69) is 15.3 Å². The normalized spacial score (nSPS) is 14.5. The first kappa shape index (κ1) is 9.30. The number of alkyl halides is 2. The fraction of sp³-hybridized carbons (Fsp3) is 0.556. The summed E-state index contributed by atoms with van der Waals surface area (Å²) in [6, 6.07) is 0. The zero-order valence-electron chi connectivity index (χ0n) is 7.63. The smallest absolute Gasteiger partial charge is 0.255 e. The minimum Gasteiger partial charge on any atom is -0.364 e. The zero-order valence-corrected chi connectivity index (χ0v) is 7.63. The van der Waals surface area contributed by atoms with Gasteiger partial charge in [0.05, 0.1) is 6.54 Å². The Morgan fingerprint density at radius 1 is 1.36 bits per heavy atom. The number of nitrogens with one attached hydrogen (secondary N) is 1. The summed E-state index contributed by atoms with van der Waals surface area (Å²) in [5.41, 5.74) is 2.00. The summed E-state index contributed by atoms with van der Waals surface area (Å²) in [5, 5.41) is 2.64. The van der Waals surface area contributed by atoms with Gasteiger partial charge in [-0.2, -0.15) is 0 Å². The fourth-order valence-corrected chi connectivity index (χ4v) is 1.69. The van der Waals surface area contributed by atoms with Crippen LogP contribution >= 0.6 is 0 Å². The van der Waals surface area contributed by atoms with Crippen LogP contribution in [0.2, 0.25) is 0 Å². The average molecular weight is 199 g/mol. The van der Waals surface area contributed by atoms with Crippen LogP contribution in [0.3, 0.4) is 0 Å². The van der Waals surface area contributed by atoms with Crippen LogP contribution in [0.15, 0.2) is 6.33 Å². The number of halogens is 2. The van der Waals surface area contributed by atoms with E-state index in [1.165, 1.54) is 6.33 Å². The van der Waals surface area contributed by atoms with Crippen molar-refractivity contribution in [3.05, 3.63) is 17.6 Å². The van der Waals surface area contributed by atoms with E-state index in [0.717, 1.165) is 30.5 Å². The number of nitrogens with zero attached hydrogens (tertiary/aromatic N) is 2. The molecule has 1 N–H and O–H groups in total. The minimum atomic E-state index is -2.35. The summed E-state index contributed by atoms with van der Waals surface area (Å²) in [5.74, 6) is 0.577. The van der Waals surface area contributed by atoms with Crippen LogP contribution in [-0.4, -0.2) is 22.9 Å². The molecule has 76 valence electrons. The molecule has 0 bridgehead atoms. The van der Waals surface area contributed by atoms with Gasteiger partial charge in [0.1, 0.15) is 12.1 Å². The maximum Gasteiger partial charge on any atom is 0.255 e. The van der Waals surface area contributed by atoms with Crippen LogP contribution in [0.1, 0.15) is 17.7 Å². The summed E-state index contributed by atoms with van der Waals surface area (Å²) >= 11 is 0. The standard InChI is InChI=1S/C9H11F2N3/c10-8(11)4-12-9-6-2-1-3-7(6)13-5-14-9/h5,8H,1-4H2,(H,12,13,14). The molecular formula is C9H11F2N3. The Morgan fingerprint density at radius 2 is 2.21 bits per heavy atom. The number of aromatic nitrogens is 2. The molecule has 0 aliphatic heterocycles. The van der Waals surface area contributed by atoms with Gasteiger partial charge in [0.15, 0.2) is 0 Å². The first-order chi connectivity index (χ1) is 6.77. The van der Waals surface area contributed by atoms with E-state index in [1.54, 1.807) is 0 Å². The largest absolute Gasteiger partial charge is 0.364 e. The fourth-order valence-electron chi connectivity index (χ4n) is 1.69. The van der Waals surface area contributed by atoms with E-state index < -0.39 is 6.43 Å². The molecule has 1 aromatic rings. The van der Waals surface area contributed by atoms with Crippen LogP contribution in [-0.2, 0) is 12.8 Å². The van der Waals surface area contributed by atoms with Gasteiger partial charge in [-0.3, -0.25) is 0 Å². The lowest BCUT2D eigenvalue weighted by Crippen LogP contribution is -2.13. The summed E-state index contributed by atoms with van der Waals surface area (Å²) < 4.78 is 23.9. The Morgan fingerprint density at radius 3 is 3.00 bits per heavy atom. The lowest BCUT2D eigenvalue weighted by atomic mass is 10.2. The highest BCUT2D eigenvalue weighted by atomic mass is 19.3. The highest BCUT2D eigenvalue weighted by Gasteiger charge is 2.17. The lowest BCUT2D eigenvalue weighted by molar-refractivity contribution is 0.163. The van der Waals surface area contributed by atoms with Crippen molar-refractivity contribution in [2.24, 2.45) is 0 Å². The molecule has 0 unspecified atom stereocenters. The molecule has 3 nitrogen and oxygen atoms in total. The Hall–Kier alpha value is -1.26. The van der Waals surface area contributed by atoms with Gasteiger partial charge in [0.2, 0.25) is 0 Å². The minimum absolute atomic E-state index is 0.344. The number of aryl methyl sites for hydroxylation is 1. The van der Waals surface area contributed by atoms with E-state index in [1.807, 2.05) is 0 Å². The van der Waals surface area contributed by atoms with Gasteiger partial charge in [-0.15, -0.1) is 0 Å². The van der Waals surface area contributed by atoms with E-state index in [4.69, 9.17) is 0 Å². The van der Waals surface area contributed by atoms with Gasteiger partial charge in [-0.25, -0.2) is 18.7 Å². The van der Waals surface area contributed by atoms with Gasteiger partial charge in [-0.05, 0) is 19.3 Å². The molecule has 0 spiro atoms. The second-order valence-corrected chi connectivity index (χ2v) is 3.27. The molecular weight excluding hydrogens is 188 g/mol. The maximum atomic E-state index is 12.0. The van der Waals surface area contributed by atoms with Crippen molar-refractivity contribution >= 4 is 5.82 Å². The van der Waals surface area contributed by atoms with Gasteiger partial charge in [0, 0.05) is 11.3 Å².